The molecule has 2 N–H and O–H groups in total. The highest BCUT2D eigenvalue weighted by Crippen LogP contribution is 2.21. The summed E-state index contributed by atoms with van der Waals surface area (Å²) < 4.78 is 12.2. The second-order valence-electron chi connectivity index (χ2n) is 5.54. The van der Waals surface area contributed by atoms with Crippen LogP contribution in [0.5, 0.6) is 0 Å². The van der Waals surface area contributed by atoms with Crippen molar-refractivity contribution in [2.75, 3.05) is 46.6 Å². The van der Waals surface area contributed by atoms with Crippen molar-refractivity contribution in [3.63, 3.8) is 0 Å². The van der Waals surface area contributed by atoms with E-state index in [1.165, 1.54) is 8.66 Å². The molecule has 0 bridgehead atoms. The van der Waals surface area contributed by atoms with E-state index in [2.05, 4.69) is 43.7 Å². The van der Waals surface area contributed by atoms with Crippen LogP contribution in [0.15, 0.2) is 20.9 Å². The summed E-state index contributed by atoms with van der Waals surface area (Å²) in [6.07, 6.45) is 3.12. The molecule has 1 unspecified atom stereocenters. The number of thiophene rings is 1. The Morgan fingerprint density at radius 3 is 3.00 bits per heavy atom. The van der Waals surface area contributed by atoms with Crippen molar-refractivity contribution in [2.24, 2.45) is 10.9 Å². The van der Waals surface area contributed by atoms with Crippen molar-refractivity contribution < 1.29 is 9.47 Å². The lowest BCUT2D eigenvalue weighted by atomic mass is 10.1. The molecule has 1 aromatic heterocycles. The SMILES string of the molecule is CN=C(NCCCOCC1CCOC1)NCCc1ccc(Br)s1. The van der Waals surface area contributed by atoms with Gasteiger partial charge in [-0.25, -0.2) is 0 Å². The van der Waals surface area contributed by atoms with Gasteiger partial charge in [0.15, 0.2) is 5.96 Å². The largest absolute Gasteiger partial charge is 0.381 e. The summed E-state index contributed by atoms with van der Waals surface area (Å²) in [7, 11) is 1.80. The first kappa shape index (κ1) is 18.7. The molecule has 0 aliphatic carbocycles. The van der Waals surface area contributed by atoms with Gasteiger partial charge in [-0.15, -0.1) is 11.3 Å². The van der Waals surface area contributed by atoms with Crippen LogP contribution >= 0.6 is 27.3 Å². The molecule has 0 amide bonds. The number of guanidine groups is 1. The smallest absolute Gasteiger partial charge is 0.190 e. The molecule has 1 aliphatic rings. The van der Waals surface area contributed by atoms with E-state index in [-0.39, 0.29) is 0 Å². The maximum atomic E-state index is 5.69. The van der Waals surface area contributed by atoms with Crippen LogP contribution in [-0.2, 0) is 15.9 Å². The molecule has 7 heteroatoms. The lowest BCUT2D eigenvalue weighted by Crippen LogP contribution is -2.39. The molecular weight excluding hydrogens is 378 g/mol. The maximum Gasteiger partial charge on any atom is 0.190 e. The fourth-order valence-electron chi connectivity index (χ4n) is 2.36. The third kappa shape index (κ3) is 7.65. The zero-order valence-corrected chi connectivity index (χ0v) is 16.0. The first-order valence-corrected chi connectivity index (χ1v) is 9.73. The number of hydrogen-bond acceptors (Lipinski definition) is 4. The van der Waals surface area contributed by atoms with Gasteiger partial charge in [-0.05, 0) is 47.3 Å². The number of aliphatic imine (C=N–C) groups is 1. The van der Waals surface area contributed by atoms with Gasteiger partial charge in [0.2, 0.25) is 0 Å². The van der Waals surface area contributed by atoms with Gasteiger partial charge in [0.05, 0.1) is 17.0 Å². The molecule has 5 nitrogen and oxygen atoms in total. The van der Waals surface area contributed by atoms with Crippen molar-refractivity contribution >= 4 is 33.2 Å². The topological polar surface area (TPSA) is 54.9 Å². The van der Waals surface area contributed by atoms with Crippen LogP contribution < -0.4 is 10.6 Å². The lowest BCUT2D eigenvalue weighted by molar-refractivity contribution is 0.0888. The highest BCUT2D eigenvalue weighted by molar-refractivity contribution is 9.11. The van der Waals surface area contributed by atoms with Crippen LogP contribution in [0.3, 0.4) is 0 Å². The van der Waals surface area contributed by atoms with Crippen molar-refractivity contribution in [1.29, 1.82) is 0 Å². The molecule has 1 fully saturated rings. The van der Waals surface area contributed by atoms with Gasteiger partial charge >= 0.3 is 0 Å². The number of nitrogens with zero attached hydrogens (tertiary/aromatic N) is 1. The van der Waals surface area contributed by atoms with Crippen molar-refractivity contribution in [1.82, 2.24) is 10.6 Å². The Kier molecular flexibility index (Phi) is 8.96. The molecule has 0 aromatic carbocycles. The Bertz CT molecular complexity index is 476. The second-order valence-corrected chi connectivity index (χ2v) is 8.09. The number of rotatable bonds is 9. The first-order valence-electron chi connectivity index (χ1n) is 8.12. The van der Waals surface area contributed by atoms with E-state index in [1.807, 2.05) is 0 Å². The van der Waals surface area contributed by atoms with E-state index in [0.717, 1.165) is 64.7 Å². The Balaban J connectivity index is 1.47. The molecule has 23 heavy (non-hydrogen) atoms. The predicted molar refractivity (Wildman–Crippen MR) is 99.4 cm³/mol. The standard InChI is InChI=1S/C16H26BrN3O2S/c1-18-16(20-8-5-14-3-4-15(17)23-14)19-7-2-9-21-11-13-6-10-22-12-13/h3-4,13H,2,5-12H2,1H3,(H2,18,19,20). The average molecular weight is 404 g/mol. The van der Waals surface area contributed by atoms with E-state index < -0.39 is 0 Å². The molecule has 0 saturated carbocycles. The molecule has 1 aromatic rings. The summed E-state index contributed by atoms with van der Waals surface area (Å²) in [5, 5.41) is 6.65. The van der Waals surface area contributed by atoms with Crippen LogP contribution in [0.25, 0.3) is 0 Å². The quantitative estimate of drug-likeness (QED) is 0.378. The van der Waals surface area contributed by atoms with Crippen LogP contribution in [0.4, 0.5) is 0 Å². The fourth-order valence-corrected chi connectivity index (χ4v) is 3.84. The molecule has 1 aliphatic heterocycles. The lowest BCUT2D eigenvalue weighted by Gasteiger charge is -2.12. The highest BCUT2D eigenvalue weighted by atomic mass is 79.9. The molecule has 2 heterocycles. The van der Waals surface area contributed by atoms with E-state index in [1.54, 1.807) is 18.4 Å². The molecule has 1 atom stereocenters. The minimum Gasteiger partial charge on any atom is -0.381 e. The molecule has 0 spiro atoms. The van der Waals surface area contributed by atoms with E-state index in [9.17, 15) is 0 Å². The van der Waals surface area contributed by atoms with E-state index in [4.69, 9.17) is 9.47 Å². The number of nitrogens with one attached hydrogen (secondary N) is 2. The predicted octanol–water partition coefficient (Wildman–Crippen LogP) is 2.66. The maximum absolute atomic E-state index is 5.69. The van der Waals surface area contributed by atoms with Crippen molar-refractivity contribution in [3.8, 4) is 0 Å². The minimum absolute atomic E-state index is 0.592. The van der Waals surface area contributed by atoms with Gasteiger partial charge in [-0.2, -0.15) is 0 Å². The van der Waals surface area contributed by atoms with Gasteiger partial charge in [0.25, 0.3) is 0 Å². The number of ether oxygens (including phenoxy) is 2. The highest BCUT2D eigenvalue weighted by Gasteiger charge is 2.15. The van der Waals surface area contributed by atoms with Crippen LogP contribution in [0.2, 0.25) is 0 Å². The molecular formula is C16H26BrN3O2S. The van der Waals surface area contributed by atoms with E-state index in [0.29, 0.717) is 5.92 Å². The number of hydrogen-bond donors (Lipinski definition) is 2. The van der Waals surface area contributed by atoms with Crippen LogP contribution in [-0.4, -0.2) is 52.5 Å². The Hall–Kier alpha value is -0.630. The second kappa shape index (κ2) is 11.0. The van der Waals surface area contributed by atoms with Gasteiger partial charge in [-0.3, -0.25) is 4.99 Å². The molecule has 0 radical (unpaired) electrons. The molecule has 130 valence electrons. The van der Waals surface area contributed by atoms with E-state index >= 15 is 0 Å². The minimum atomic E-state index is 0.592. The average Bonchev–Trinajstić information content (AvgIpc) is 3.20. The van der Waals surface area contributed by atoms with Crippen LogP contribution in [0, 0.1) is 5.92 Å². The Labute approximate surface area is 151 Å². The van der Waals surface area contributed by atoms with Gasteiger partial charge in [0.1, 0.15) is 0 Å². The van der Waals surface area contributed by atoms with Crippen LogP contribution in [0.1, 0.15) is 17.7 Å². The van der Waals surface area contributed by atoms with Gasteiger partial charge in [-0.1, -0.05) is 0 Å². The van der Waals surface area contributed by atoms with Crippen molar-refractivity contribution in [2.45, 2.75) is 19.3 Å². The summed E-state index contributed by atoms with van der Waals surface area (Å²) in [6, 6.07) is 4.24. The first-order chi connectivity index (χ1) is 11.3. The molecule has 2 rings (SSSR count). The van der Waals surface area contributed by atoms with Crippen molar-refractivity contribution in [3.05, 3.63) is 20.8 Å². The fraction of sp³-hybridized carbons (Fsp3) is 0.688. The van der Waals surface area contributed by atoms with Gasteiger partial charge < -0.3 is 20.1 Å². The monoisotopic (exact) mass is 403 g/mol. The summed E-state index contributed by atoms with van der Waals surface area (Å²) in [5.41, 5.74) is 0. The zero-order valence-electron chi connectivity index (χ0n) is 13.6. The Morgan fingerprint density at radius 2 is 2.30 bits per heavy atom. The number of halogens is 1. The summed E-state index contributed by atoms with van der Waals surface area (Å²) in [5.74, 6) is 1.44. The third-order valence-electron chi connectivity index (χ3n) is 3.65. The van der Waals surface area contributed by atoms with Gasteiger partial charge in [0, 0.05) is 44.1 Å². The summed E-state index contributed by atoms with van der Waals surface area (Å²) >= 11 is 5.26. The zero-order chi connectivity index (χ0) is 16.3. The molecule has 1 saturated heterocycles. The summed E-state index contributed by atoms with van der Waals surface area (Å²) in [6.45, 7) is 5.10. The normalized spacial score (nSPS) is 18.3. The summed E-state index contributed by atoms with van der Waals surface area (Å²) in [4.78, 5) is 5.60. The third-order valence-corrected chi connectivity index (χ3v) is 5.34. The Morgan fingerprint density at radius 1 is 1.43 bits per heavy atom.